The minimum atomic E-state index is -3.43. The highest BCUT2D eigenvalue weighted by molar-refractivity contribution is 7.91. The molecule has 1 aromatic carbocycles. The number of hydrogen-bond acceptors (Lipinski definition) is 5. The average molecular weight is 293 g/mol. The van der Waals surface area contributed by atoms with Gasteiger partial charge in [-0.25, -0.2) is 8.42 Å². The van der Waals surface area contributed by atoms with E-state index in [9.17, 15) is 13.2 Å². The number of nitrogens with zero attached hydrogens (tertiary/aromatic N) is 1. The summed E-state index contributed by atoms with van der Waals surface area (Å²) in [5, 5.41) is 11.6. The summed E-state index contributed by atoms with van der Waals surface area (Å²) in [5.41, 5.74) is 4.95. The number of nitrogens with one attached hydrogen (secondary N) is 1. The molecule has 1 amide bonds. The number of sulfone groups is 1. The molecule has 0 aliphatic heterocycles. The molecule has 0 heterocycles. The van der Waals surface area contributed by atoms with E-state index in [4.69, 9.17) is 11.0 Å². The van der Waals surface area contributed by atoms with Crippen molar-refractivity contribution in [2.45, 2.75) is 23.3 Å². The summed E-state index contributed by atoms with van der Waals surface area (Å²) < 4.78 is 24.1. The largest absolute Gasteiger partial charge is 0.368 e. The molecular formula is C13H15N3O3S. The van der Waals surface area contributed by atoms with Crippen LogP contribution in [0.4, 0.5) is 0 Å². The molecule has 2 rings (SSSR count). The Bertz CT molecular complexity index is 655. The monoisotopic (exact) mass is 293 g/mol. The zero-order chi connectivity index (χ0) is 14.8. The van der Waals surface area contributed by atoms with Crippen LogP contribution in [0.5, 0.6) is 0 Å². The smallest absolute Gasteiger partial charge is 0.237 e. The van der Waals surface area contributed by atoms with Crippen LogP contribution in [0.3, 0.4) is 0 Å². The molecule has 1 aromatic rings. The Morgan fingerprint density at radius 3 is 2.40 bits per heavy atom. The molecule has 1 saturated carbocycles. The molecule has 6 nitrogen and oxygen atoms in total. The fourth-order valence-corrected chi connectivity index (χ4v) is 3.07. The Morgan fingerprint density at radius 2 is 1.95 bits per heavy atom. The van der Waals surface area contributed by atoms with E-state index in [1.165, 1.54) is 24.3 Å². The van der Waals surface area contributed by atoms with Gasteiger partial charge in [-0.05, 0) is 37.1 Å². The van der Waals surface area contributed by atoms with Crippen LogP contribution in [-0.4, -0.2) is 32.2 Å². The lowest BCUT2D eigenvalue weighted by Gasteiger charge is -2.13. The maximum Gasteiger partial charge on any atom is 0.237 e. The predicted molar refractivity (Wildman–Crippen MR) is 72.4 cm³/mol. The molecule has 3 N–H and O–H groups in total. The van der Waals surface area contributed by atoms with Gasteiger partial charge in [-0.3, -0.25) is 4.79 Å². The Labute approximate surface area is 117 Å². The molecule has 0 unspecified atom stereocenters. The Balaban J connectivity index is 1.97. The van der Waals surface area contributed by atoms with Gasteiger partial charge in [0.15, 0.2) is 9.84 Å². The summed E-state index contributed by atoms with van der Waals surface area (Å²) >= 11 is 0. The van der Waals surface area contributed by atoms with Crippen molar-refractivity contribution in [3.8, 4) is 6.07 Å². The van der Waals surface area contributed by atoms with Gasteiger partial charge in [0.2, 0.25) is 5.91 Å². The number of carbonyl (C=O) groups is 1. The molecule has 1 aliphatic rings. The van der Waals surface area contributed by atoms with E-state index in [2.05, 4.69) is 5.32 Å². The first-order valence-electron chi connectivity index (χ1n) is 6.17. The van der Waals surface area contributed by atoms with E-state index in [1.807, 2.05) is 6.07 Å². The maximum atomic E-state index is 12.1. The van der Waals surface area contributed by atoms with Crippen LogP contribution in [0.15, 0.2) is 29.2 Å². The number of primary amides is 1. The Hall–Kier alpha value is -1.91. The van der Waals surface area contributed by atoms with Crippen molar-refractivity contribution in [2.75, 3.05) is 12.3 Å². The third kappa shape index (κ3) is 2.98. The molecule has 0 atom stereocenters. The number of nitrogens with two attached hydrogens (primary N) is 1. The summed E-state index contributed by atoms with van der Waals surface area (Å²) in [5.74, 6) is -0.554. The first-order valence-corrected chi connectivity index (χ1v) is 7.83. The second-order valence-corrected chi connectivity index (χ2v) is 6.94. The van der Waals surface area contributed by atoms with Gasteiger partial charge in [-0.2, -0.15) is 5.26 Å². The summed E-state index contributed by atoms with van der Waals surface area (Å²) in [6.45, 7) is 0.172. The quantitative estimate of drug-likeness (QED) is 0.763. The zero-order valence-corrected chi connectivity index (χ0v) is 11.6. The molecule has 0 spiro atoms. The van der Waals surface area contributed by atoms with Crippen LogP contribution >= 0.6 is 0 Å². The standard InChI is InChI=1S/C13H15N3O3S/c14-9-10-1-3-11(4-2-10)20(18,19)8-7-16-13(5-6-13)12(15)17/h1-4,16H,5-8H2,(H2,15,17). The van der Waals surface area contributed by atoms with E-state index in [0.717, 1.165) is 0 Å². The highest BCUT2D eigenvalue weighted by Crippen LogP contribution is 2.34. The van der Waals surface area contributed by atoms with Gasteiger partial charge >= 0.3 is 0 Å². The van der Waals surface area contributed by atoms with Crippen molar-refractivity contribution < 1.29 is 13.2 Å². The molecule has 7 heteroatoms. The molecule has 1 fully saturated rings. The van der Waals surface area contributed by atoms with Crippen molar-refractivity contribution in [1.82, 2.24) is 5.32 Å². The number of carbonyl (C=O) groups excluding carboxylic acids is 1. The highest BCUT2D eigenvalue weighted by Gasteiger charge is 2.48. The molecule has 0 saturated heterocycles. The summed E-state index contributed by atoms with van der Waals surface area (Å²) in [6.07, 6.45) is 1.30. The van der Waals surface area contributed by atoms with E-state index < -0.39 is 21.3 Å². The maximum absolute atomic E-state index is 12.1. The van der Waals surface area contributed by atoms with Crippen molar-refractivity contribution in [3.63, 3.8) is 0 Å². The van der Waals surface area contributed by atoms with Crippen LogP contribution in [0.25, 0.3) is 0 Å². The van der Waals surface area contributed by atoms with Crippen molar-refractivity contribution in [2.24, 2.45) is 5.73 Å². The fourth-order valence-electron chi connectivity index (χ4n) is 1.91. The lowest BCUT2D eigenvalue weighted by Crippen LogP contribution is -2.45. The normalized spacial score (nSPS) is 16.4. The number of nitriles is 1. The third-order valence-electron chi connectivity index (χ3n) is 3.40. The molecule has 0 bridgehead atoms. The number of rotatable bonds is 6. The van der Waals surface area contributed by atoms with Gasteiger partial charge in [0, 0.05) is 6.54 Å². The molecular weight excluding hydrogens is 278 g/mol. The summed E-state index contributed by atoms with van der Waals surface area (Å²) in [4.78, 5) is 11.3. The van der Waals surface area contributed by atoms with Gasteiger partial charge in [-0.1, -0.05) is 0 Å². The second-order valence-electron chi connectivity index (χ2n) is 4.83. The summed E-state index contributed by atoms with van der Waals surface area (Å²) in [6, 6.07) is 7.68. The van der Waals surface area contributed by atoms with Crippen LogP contribution in [-0.2, 0) is 14.6 Å². The summed E-state index contributed by atoms with van der Waals surface area (Å²) in [7, 11) is -3.43. The zero-order valence-electron chi connectivity index (χ0n) is 10.8. The van der Waals surface area contributed by atoms with Crippen molar-refractivity contribution >= 4 is 15.7 Å². The molecule has 1 aliphatic carbocycles. The van der Waals surface area contributed by atoms with Gasteiger partial charge < -0.3 is 11.1 Å². The molecule has 106 valence electrons. The highest BCUT2D eigenvalue weighted by atomic mass is 32.2. The number of hydrogen-bond donors (Lipinski definition) is 2. The lowest BCUT2D eigenvalue weighted by atomic mass is 10.2. The first kappa shape index (κ1) is 14.5. The van der Waals surface area contributed by atoms with Crippen molar-refractivity contribution in [1.29, 1.82) is 5.26 Å². The first-order chi connectivity index (χ1) is 9.39. The van der Waals surface area contributed by atoms with Crippen LogP contribution in [0.2, 0.25) is 0 Å². The van der Waals surface area contributed by atoms with Crippen molar-refractivity contribution in [3.05, 3.63) is 29.8 Å². The fraction of sp³-hybridized carbons (Fsp3) is 0.385. The lowest BCUT2D eigenvalue weighted by molar-refractivity contribution is -0.120. The van der Waals surface area contributed by atoms with Gasteiger partial charge in [-0.15, -0.1) is 0 Å². The second kappa shape index (κ2) is 5.23. The third-order valence-corrected chi connectivity index (χ3v) is 5.13. The Kier molecular flexibility index (Phi) is 3.79. The van der Waals surface area contributed by atoms with Gasteiger partial charge in [0.25, 0.3) is 0 Å². The number of amides is 1. The van der Waals surface area contributed by atoms with Gasteiger partial charge in [0.05, 0.1) is 27.8 Å². The van der Waals surface area contributed by atoms with Crippen LogP contribution in [0.1, 0.15) is 18.4 Å². The van der Waals surface area contributed by atoms with E-state index in [-0.39, 0.29) is 17.2 Å². The van der Waals surface area contributed by atoms with Gasteiger partial charge in [0.1, 0.15) is 0 Å². The average Bonchev–Trinajstić information content (AvgIpc) is 3.20. The predicted octanol–water partition coefficient (Wildman–Crippen LogP) is -0.0605. The SMILES string of the molecule is N#Cc1ccc(S(=O)(=O)CCNC2(C(N)=O)CC2)cc1. The van der Waals surface area contributed by atoms with E-state index in [0.29, 0.717) is 18.4 Å². The van der Waals surface area contributed by atoms with E-state index >= 15 is 0 Å². The number of benzene rings is 1. The molecule has 0 aromatic heterocycles. The minimum absolute atomic E-state index is 0.117. The van der Waals surface area contributed by atoms with E-state index in [1.54, 1.807) is 0 Å². The molecule has 20 heavy (non-hydrogen) atoms. The molecule has 0 radical (unpaired) electrons. The Morgan fingerprint density at radius 1 is 1.35 bits per heavy atom. The van der Waals surface area contributed by atoms with Crippen LogP contribution < -0.4 is 11.1 Å². The topological polar surface area (TPSA) is 113 Å². The van der Waals surface area contributed by atoms with Crippen LogP contribution in [0, 0.1) is 11.3 Å². The minimum Gasteiger partial charge on any atom is -0.368 e.